The van der Waals surface area contributed by atoms with Crippen molar-refractivity contribution in [1.29, 1.82) is 0 Å². The molecule has 0 saturated heterocycles. The molecule has 0 bridgehead atoms. The number of aromatic nitrogens is 1. The molecule has 0 aliphatic heterocycles. The Hall–Kier alpha value is -2.65. The van der Waals surface area contributed by atoms with Crippen LogP contribution < -0.4 is 4.74 Å². The summed E-state index contributed by atoms with van der Waals surface area (Å²) in [6.45, 7) is 16.0. The summed E-state index contributed by atoms with van der Waals surface area (Å²) >= 11 is 0. The van der Waals surface area contributed by atoms with Gasteiger partial charge < -0.3 is 4.74 Å². The summed E-state index contributed by atoms with van der Waals surface area (Å²) in [4.78, 5) is 7.70. The molecule has 0 atom stereocenters. The summed E-state index contributed by atoms with van der Waals surface area (Å²) in [6, 6.07) is 19.6. The maximum Gasteiger partial charge on any atom is 0.128 e. The topological polar surface area (TPSA) is 25.4 Å². The number of hydrogen-bond donors (Lipinski definition) is 0. The number of nitrogens with zero attached hydrogens (tertiary/aromatic N) is 2. The van der Waals surface area contributed by atoms with E-state index in [0.29, 0.717) is 0 Å². The van der Waals surface area contributed by atoms with Gasteiger partial charge in [0.25, 0.3) is 0 Å². The number of benzene rings is 2. The van der Waals surface area contributed by atoms with Gasteiger partial charge in [0.2, 0.25) is 0 Å². The molecular weight excluding hydrogens is 416 g/mol. The van der Waals surface area contributed by atoms with Crippen molar-refractivity contribution >= 4 is 0 Å². The van der Waals surface area contributed by atoms with Gasteiger partial charge in [-0.25, -0.2) is 0 Å². The fraction of sp³-hybridized carbons (Fsp3) is 0.452. The molecule has 0 aliphatic rings. The average molecular weight is 459 g/mol. The molecule has 1 heterocycles. The van der Waals surface area contributed by atoms with Crippen molar-refractivity contribution in [2.75, 3.05) is 13.1 Å². The largest absolute Gasteiger partial charge is 0.491 e. The Labute approximate surface area is 207 Å². The Morgan fingerprint density at radius 1 is 0.882 bits per heavy atom. The monoisotopic (exact) mass is 458 g/mol. The highest BCUT2D eigenvalue weighted by Gasteiger charge is 2.19. The number of ether oxygens (including phenoxy) is 1. The highest BCUT2D eigenvalue weighted by Crippen LogP contribution is 2.34. The Bertz CT molecular complexity index is 1020. The lowest BCUT2D eigenvalue weighted by molar-refractivity contribution is 0.226. The van der Waals surface area contributed by atoms with Crippen LogP contribution in [0.25, 0.3) is 11.3 Å². The van der Waals surface area contributed by atoms with Gasteiger partial charge in [0.1, 0.15) is 5.75 Å². The van der Waals surface area contributed by atoms with E-state index in [2.05, 4.69) is 101 Å². The molecule has 2 aromatic carbocycles. The van der Waals surface area contributed by atoms with Crippen LogP contribution in [-0.2, 0) is 25.8 Å². The van der Waals surface area contributed by atoms with Gasteiger partial charge in [-0.05, 0) is 69.7 Å². The Morgan fingerprint density at radius 2 is 1.56 bits per heavy atom. The van der Waals surface area contributed by atoms with Crippen LogP contribution in [-0.4, -0.2) is 29.1 Å². The maximum atomic E-state index is 6.41. The summed E-state index contributed by atoms with van der Waals surface area (Å²) in [7, 11) is 0. The Morgan fingerprint density at radius 3 is 2.15 bits per heavy atom. The molecule has 0 amide bonds. The zero-order valence-electron chi connectivity index (χ0n) is 22.0. The summed E-state index contributed by atoms with van der Waals surface area (Å²) in [5.74, 6) is 0.978. The van der Waals surface area contributed by atoms with Crippen LogP contribution in [0.1, 0.15) is 69.0 Å². The van der Waals surface area contributed by atoms with E-state index < -0.39 is 0 Å². The van der Waals surface area contributed by atoms with Gasteiger partial charge in [-0.2, -0.15) is 0 Å². The van der Waals surface area contributed by atoms with Crippen LogP contribution >= 0.6 is 0 Å². The molecule has 3 nitrogen and oxygen atoms in total. The predicted octanol–water partition coefficient (Wildman–Crippen LogP) is 7.42. The van der Waals surface area contributed by atoms with Gasteiger partial charge in [-0.3, -0.25) is 9.88 Å². The molecule has 0 unspecified atom stereocenters. The van der Waals surface area contributed by atoms with Crippen molar-refractivity contribution in [2.45, 2.75) is 79.9 Å². The standard InChI is InChI=1S/C31H42N2O/c1-7-19-33(20-18-25-14-11-10-12-15-25)22-28-24(6)32-29(21-30(28)34-23(4)5)31-26(8-2)16-13-17-27(31)9-3/h10-17,21,23H,7-9,18-20,22H2,1-6H3. The molecule has 1 aromatic heterocycles. The molecule has 3 rings (SSSR count). The molecule has 0 N–H and O–H groups in total. The summed E-state index contributed by atoms with van der Waals surface area (Å²) in [6.07, 6.45) is 4.29. The van der Waals surface area contributed by atoms with E-state index in [1.807, 2.05) is 0 Å². The van der Waals surface area contributed by atoms with Gasteiger partial charge in [-0.15, -0.1) is 0 Å². The molecule has 34 heavy (non-hydrogen) atoms. The first-order valence-corrected chi connectivity index (χ1v) is 13.0. The summed E-state index contributed by atoms with van der Waals surface area (Å²) in [5.41, 5.74) is 8.70. The highest BCUT2D eigenvalue weighted by molar-refractivity contribution is 5.70. The normalized spacial score (nSPS) is 11.4. The van der Waals surface area contributed by atoms with E-state index in [1.165, 1.54) is 27.8 Å². The van der Waals surface area contributed by atoms with Gasteiger partial charge in [0.05, 0.1) is 11.8 Å². The van der Waals surface area contributed by atoms with E-state index >= 15 is 0 Å². The number of pyridine rings is 1. The van der Waals surface area contributed by atoms with Gasteiger partial charge in [-0.1, -0.05) is 69.3 Å². The molecular formula is C31H42N2O. The van der Waals surface area contributed by atoms with Crippen molar-refractivity contribution in [3.63, 3.8) is 0 Å². The summed E-state index contributed by atoms with van der Waals surface area (Å²) < 4.78 is 6.41. The van der Waals surface area contributed by atoms with Crippen molar-refractivity contribution in [2.24, 2.45) is 0 Å². The fourth-order valence-corrected chi connectivity index (χ4v) is 4.66. The lowest BCUT2D eigenvalue weighted by atomic mass is 9.94. The first kappa shape index (κ1) is 26.0. The fourth-order valence-electron chi connectivity index (χ4n) is 4.66. The number of aryl methyl sites for hydroxylation is 3. The molecule has 0 fully saturated rings. The highest BCUT2D eigenvalue weighted by atomic mass is 16.5. The lowest BCUT2D eigenvalue weighted by Crippen LogP contribution is -2.27. The van der Waals surface area contributed by atoms with E-state index in [0.717, 1.165) is 62.5 Å². The van der Waals surface area contributed by atoms with Crippen molar-refractivity contribution in [1.82, 2.24) is 9.88 Å². The van der Waals surface area contributed by atoms with E-state index in [4.69, 9.17) is 9.72 Å². The van der Waals surface area contributed by atoms with Crippen LogP contribution in [0.15, 0.2) is 54.6 Å². The Balaban J connectivity index is 1.97. The van der Waals surface area contributed by atoms with Crippen LogP contribution in [0.4, 0.5) is 0 Å². The van der Waals surface area contributed by atoms with Gasteiger partial charge >= 0.3 is 0 Å². The second-order valence-corrected chi connectivity index (χ2v) is 9.41. The minimum Gasteiger partial charge on any atom is -0.491 e. The van der Waals surface area contributed by atoms with Crippen LogP contribution in [0.2, 0.25) is 0 Å². The van der Waals surface area contributed by atoms with Crippen molar-refractivity contribution in [3.05, 3.63) is 82.5 Å². The third-order valence-corrected chi connectivity index (χ3v) is 6.39. The predicted molar refractivity (Wildman–Crippen MR) is 145 cm³/mol. The number of hydrogen-bond acceptors (Lipinski definition) is 3. The van der Waals surface area contributed by atoms with Gasteiger partial charge in [0, 0.05) is 36.0 Å². The SMILES string of the molecule is CCCN(CCc1ccccc1)Cc1c(OC(C)C)cc(-c2c(CC)cccc2CC)nc1C. The molecule has 0 spiro atoms. The van der Waals surface area contributed by atoms with Crippen molar-refractivity contribution < 1.29 is 4.74 Å². The number of rotatable bonds is 12. The average Bonchev–Trinajstić information content (AvgIpc) is 2.84. The van der Waals surface area contributed by atoms with Crippen molar-refractivity contribution in [3.8, 4) is 17.0 Å². The maximum absolute atomic E-state index is 6.41. The molecule has 3 heteroatoms. The van der Waals surface area contributed by atoms with E-state index in [-0.39, 0.29) is 6.10 Å². The zero-order chi connectivity index (χ0) is 24.5. The Kier molecular flexibility index (Phi) is 9.71. The second kappa shape index (κ2) is 12.7. The van der Waals surface area contributed by atoms with E-state index in [1.54, 1.807) is 0 Å². The third kappa shape index (κ3) is 6.70. The molecule has 0 aliphatic carbocycles. The minimum absolute atomic E-state index is 0.115. The third-order valence-electron chi connectivity index (χ3n) is 6.39. The van der Waals surface area contributed by atoms with E-state index in [9.17, 15) is 0 Å². The van der Waals surface area contributed by atoms with Crippen LogP contribution in [0.3, 0.4) is 0 Å². The lowest BCUT2D eigenvalue weighted by Gasteiger charge is -2.25. The molecule has 0 saturated carbocycles. The quantitative estimate of drug-likeness (QED) is 0.282. The minimum atomic E-state index is 0.115. The summed E-state index contributed by atoms with van der Waals surface area (Å²) in [5, 5.41) is 0. The van der Waals surface area contributed by atoms with Crippen LogP contribution in [0, 0.1) is 6.92 Å². The first-order valence-electron chi connectivity index (χ1n) is 13.0. The first-order chi connectivity index (χ1) is 16.5. The second-order valence-electron chi connectivity index (χ2n) is 9.41. The molecule has 182 valence electrons. The molecule has 3 aromatic rings. The van der Waals surface area contributed by atoms with Crippen LogP contribution in [0.5, 0.6) is 5.75 Å². The smallest absolute Gasteiger partial charge is 0.128 e. The van der Waals surface area contributed by atoms with Gasteiger partial charge in [0.15, 0.2) is 0 Å². The molecule has 0 radical (unpaired) electrons. The zero-order valence-corrected chi connectivity index (χ0v) is 22.0.